The summed E-state index contributed by atoms with van der Waals surface area (Å²) in [5.41, 5.74) is 2.20. The SMILES string of the molecule is O=C(Cn1nc(-c2nn[nH]n2)cc1OCc1cc(C(F)(F)F)ccc1-c1ccccc1)NC1CCCCC1OCc1ccccc1. The average molecular weight is 632 g/mol. The minimum Gasteiger partial charge on any atom is -0.473 e. The maximum Gasteiger partial charge on any atom is 0.416 e. The molecule has 5 aromatic rings. The van der Waals surface area contributed by atoms with E-state index < -0.39 is 11.7 Å². The first-order chi connectivity index (χ1) is 22.3. The van der Waals surface area contributed by atoms with Crippen molar-refractivity contribution in [3.05, 3.63) is 102 Å². The van der Waals surface area contributed by atoms with Crippen LogP contribution in [0.1, 0.15) is 42.4 Å². The summed E-state index contributed by atoms with van der Waals surface area (Å²) in [7, 11) is 0. The molecule has 6 rings (SSSR count). The number of carbonyl (C=O) groups is 1. The first-order valence-electron chi connectivity index (χ1n) is 15.0. The predicted molar refractivity (Wildman–Crippen MR) is 162 cm³/mol. The Morgan fingerprint density at radius 3 is 2.46 bits per heavy atom. The normalized spacial score (nSPS) is 16.7. The lowest BCUT2D eigenvalue weighted by molar-refractivity contribution is -0.137. The number of nitrogens with zero attached hydrogens (tertiary/aromatic N) is 5. The highest BCUT2D eigenvalue weighted by molar-refractivity contribution is 5.76. The molecule has 2 N–H and O–H groups in total. The Bertz CT molecular complexity index is 1730. The number of alkyl halides is 3. The summed E-state index contributed by atoms with van der Waals surface area (Å²) in [6.45, 7) is 0.0258. The fourth-order valence-corrected chi connectivity index (χ4v) is 5.58. The molecule has 1 saturated carbocycles. The summed E-state index contributed by atoms with van der Waals surface area (Å²) in [6.07, 6.45) is -1.08. The molecule has 2 heterocycles. The number of hydrogen-bond donors (Lipinski definition) is 2. The van der Waals surface area contributed by atoms with E-state index in [-0.39, 0.29) is 48.6 Å². The van der Waals surface area contributed by atoms with Gasteiger partial charge in [0.1, 0.15) is 18.8 Å². The van der Waals surface area contributed by atoms with Crippen LogP contribution in [0.5, 0.6) is 5.88 Å². The molecule has 0 bridgehead atoms. The maximum absolute atomic E-state index is 13.7. The second-order valence-corrected chi connectivity index (χ2v) is 11.1. The topological polar surface area (TPSA) is 120 Å². The van der Waals surface area contributed by atoms with Crippen molar-refractivity contribution in [3.63, 3.8) is 0 Å². The monoisotopic (exact) mass is 631 g/mol. The van der Waals surface area contributed by atoms with Crippen LogP contribution in [0.4, 0.5) is 13.2 Å². The lowest BCUT2D eigenvalue weighted by atomic mass is 9.92. The summed E-state index contributed by atoms with van der Waals surface area (Å²) in [5.74, 6) is 0.0264. The summed E-state index contributed by atoms with van der Waals surface area (Å²) in [6, 6.07) is 23.9. The van der Waals surface area contributed by atoms with E-state index in [4.69, 9.17) is 9.47 Å². The highest BCUT2D eigenvalue weighted by Gasteiger charge is 2.31. The predicted octanol–water partition coefficient (Wildman–Crippen LogP) is 5.97. The number of aromatic nitrogens is 6. The number of ether oxygens (including phenoxy) is 2. The molecule has 0 saturated heterocycles. The van der Waals surface area contributed by atoms with E-state index in [1.807, 2.05) is 60.7 Å². The van der Waals surface area contributed by atoms with Gasteiger partial charge in [-0.2, -0.15) is 23.5 Å². The van der Waals surface area contributed by atoms with Crippen molar-refractivity contribution in [1.82, 2.24) is 35.7 Å². The van der Waals surface area contributed by atoms with E-state index in [9.17, 15) is 18.0 Å². The number of H-pyrrole nitrogens is 1. The fourth-order valence-electron chi connectivity index (χ4n) is 5.58. The summed E-state index contributed by atoms with van der Waals surface area (Å²) >= 11 is 0. The van der Waals surface area contributed by atoms with Gasteiger partial charge >= 0.3 is 6.18 Å². The molecule has 3 aromatic carbocycles. The van der Waals surface area contributed by atoms with Crippen LogP contribution in [-0.4, -0.2) is 48.5 Å². The minimum atomic E-state index is -4.53. The maximum atomic E-state index is 13.7. The number of aromatic amines is 1. The minimum absolute atomic E-state index is 0.140. The van der Waals surface area contributed by atoms with Crippen molar-refractivity contribution in [2.24, 2.45) is 0 Å². The van der Waals surface area contributed by atoms with Gasteiger partial charge in [-0.1, -0.05) is 79.6 Å². The molecule has 10 nitrogen and oxygen atoms in total. The van der Waals surface area contributed by atoms with Crippen molar-refractivity contribution in [3.8, 4) is 28.5 Å². The third-order valence-electron chi connectivity index (χ3n) is 7.86. The van der Waals surface area contributed by atoms with Crippen molar-refractivity contribution >= 4 is 5.91 Å². The van der Waals surface area contributed by atoms with E-state index in [1.165, 1.54) is 16.8 Å². The van der Waals surface area contributed by atoms with E-state index in [0.29, 0.717) is 17.7 Å². The Labute approximate surface area is 262 Å². The quantitative estimate of drug-likeness (QED) is 0.184. The second-order valence-electron chi connectivity index (χ2n) is 11.1. The largest absolute Gasteiger partial charge is 0.473 e. The highest BCUT2D eigenvalue weighted by Crippen LogP contribution is 2.34. The molecule has 46 heavy (non-hydrogen) atoms. The number of carbonyl (C=O) groups excluding carboxylic acids is 1. The fraction of sp³-hybridized carbons (Fsp3) is 0.303. The Hall–Kier alpha value is -5.04. The molecule has 0 aliphatic heterocycles. The Kier molecular flexibility index (Phi) is 9.38. The smallest absolute Gasteiger partial charge is 0.416 e. The van der Waals surface area contributed by atoms with Gasteiger partial charge in [-0.15, -0.1) is 10.2 Å². The van der Waals surface area contributed by atoms with Gasteiger partial charge in [-0.05, 0) is 52.4 Å². The molecule has 238 valence electrons. The molecule has 1 aliphatic carbocycles. The zero-order chi connectivity index (χ0) is 31.9. The van der Waals surface area contributed by atoms with Gasteiger partial charge in [-0.25, -0.2) is 4.68 Å². The zero-order valence-electron chi connectivity index (χ0n) is 24.8. The molecule has 0 radical (unpaired) electrons. The van der Waals surface area contributed by atoms with Crippen molar-refractivity contribution in [1.29, 1.82) is 0 Å². The van der Waals surface area contributed by atoms with Gasteiger partial charge < -0.3 is 14.8 Å². The average Bonchev–Trinajstić information content (AvgIpc) is 3.74. The number of amides is 1. The van der Waals surface area contributed by atoms with Crippen LogP contribution in [0.25, 0.3) is 22.6 Å². The lowest BCUT2D eigenvalue weighted by Crippen LogP contribution is -2.47. The van der Waals surface area contributed by atoms with Gasteiger partial charge in [0.25, 0.3) is 0 Å². The molecule has 2 unspecified atom stereocenters. The van der Waals surface area contributed by atoms with Gasteiger partial charge in [-0.3, -0.25) is 4.79 Å². The van der Waals surface area contributed by atoms with E-state index in [2.05, 4.69) is 31.0 Å². The van der Waals surface area contributed by atoms with Crippen LogP contribution in [0, 0.1) is 0 Å². The third-order valence-corrected chi connectivity index (χ3v) is 7.86. The van der Waals surface area contributed by atoms with Gasteiger partial charge in [0.15, 0.2) is 0 Å². The molecule has 1 fully saturated rings. The summed E-state index contributed by atoms with van der Waals surface area (Å²) < 4.78 is 54.6. The molecule has 1 amide bonds. The highest BCUT2D eigenvalue weighted by atomic mass is 19.4. The van der Waals surface area contributed by atoms with Crippen LogP contribution < -0.4 is 10.1 Å². The van der Waals surface area contributed by atoms with Crippen LogP contribution in [0.3, 0.4) is 0 Å². The second kappa shape index (κ2) is 13.9. The molecule has 2 atom stereocenters. The molecular formula is C33H32F3N7O3. The Balaban J connectivity index is 1.20. The Morgan fingerprint density at radius 1 is 0.957 bits per heavy atom. The molecule has 2 aromatic heterocycles. The lowest BCUT2D eigenvalue weighted by Gasteiger charge is -2.32. The summed E-state index contributed by atoms with van der Waals surface area (Å²) in [5, 5.41) is 21.4. The van der Waals surface area contributed by atoms with Crippen LogP contribution in [0.2, 0.25) is 0 Å². The number of benzene rings is 3. The first kappa shape index (κ1) is 31.0. The molecule has 0 spiro atoms. The van der Waals surface area contributed by atoms with E-state index in [1.54, 1.807) is 0 Å². The molecule has 13 heteroatoms. The van der Waals surface area contributed by atoms with Gasteiger partial charge in [0, 0.05) is 6.07 Å². The number of rotatable bonds is 11. The molecule has 1 aliphatic rings. The van der Waals surface area contributed by atoms with Crippen molar-refractivity contribution in [2.45, 2.75) is 63.8 Å². The van der Waals surface area contributed by atoms with Crippen molar-refractivity contribution in [2.75, 3.05) is 0 Å². The van der Waals surface area contributed by atoms with E-state index in [0.717, 1.165) is 48.9 Å². The van der Waals surface area contributed by atoms with Gasteiger partial charge in [0.2, 0.25) is 17.6 Å². The number of tetrazole rings is 1. The Morgan fingerprint density at radius 2 is 1.72 bits per heavy atom. The van der Waals surface area contributed by atoms with Crippen LogP contribution in [0.15, 0.2) is 84.9 Å². The molecular weight excluding hydrogens is 599 g/mol. The number of nitrogens with one attached hydrogen (secondary N) is 2. The van der Waals surface area contributed by atoms with Crippen LogP contribution in [-0.2, 0) is 35.5 Å². The zero-order valence-corrected chi connectivity index (χ0v) is 24.8. The van der Waals surface area contributed by atoms with Crippen LogP contribution >= 0.6 is 0 Å². The standard InChI is InChI=1S/C33H32F3N7O3/c34-33(35,36)25-15-16-26(23-11-5-2-6-12-23)24(17-25)21-46-31-18-28(32-38-41-42-39-32)40-43(31)19-30(44)37-27-13-7-8-14-29(27)45-20-22-9-3-1-4-10-22/h1-6,9-12,15-18,27,29H,7-8,13-14,19-21H2,(H,37,44)(H,38,39,41,42). The van der Waals surface area contributed by atoms with E-state index >= 15 is 0 Å². The van der Waals surface area contributed by atoms with Gasteiger partial charge in [0.05, 0.1) is 24.3 Å². The summed E-state index contributed by atoms with van der Waals surface area (Å²) in [4.78, 5) is 13.4. The first-order valence-corrected chi connectivity index (χ1v) is 15.0. The number of halogens is 3. The number of hydrogen-bond acceptors (Lipinski definition) is 7. The third kappa shape index (κ3) is 7.60. The van der Waals surface area contributed by atoms with Crippen molar-refractivity contribution < 1.29 is 27.4 Å².